The van der Waals surface area contributed by atoms with Gasteiger partial charge >= 0.3 is 0 Å². The van der Waals surface area contributed by atoms with Gasteiger partial charge in [0.2, 0.25) is 5.90 Å². The van der Waals surface area contributed by atoms with E-state index in [2.05, 4.69) is 50.9 Å². The van der Waals surface area contributed by atoms with Crippen molar-refractivity contribution in [3.8, 4) is 0 Å². The van der Waals surface area contributed by atoms with Gasteiger partial charge in [-0.05, 0) is 30.9 Å². The van der Waals surface area contributed by atoms with E-state index in [1.807, 2.05) is 0 Å². The summed E-state index contributed by atoms with van der Waals surface area (Å²) in [6.07, 6.45) is 0. The van der Waals surface area contributed by atoms with Crippen molar-refractivity contribution >= 4 is 5.90 Å². The van der Waals surface area contributed by atoms with Crippen molar-refractivity contribution in [1.29, 1.82) is 0 Å². The molecule has 0 radical (unpaired) electrons. The molecule has 2 nitrogen and oxygen atoms in total. The third-order valence-corrected chi connectivity index (χ3v) is 3.14. The maximum Gasteiger partial charge on any atom is 0.217 e. The molecule has 1 heterocycles. The van der Waals surface area contributed by atoms with Crippen LogP contribution in [0.15, 0.2) is 23.2 Å². The summed E-state index contributed by atoms with van der Waals surface area (Å²) in [5.41, 5.74) is 3.65. The van der Waals surface area contributed by atoms with Crippen LogP contribution in [0.3, 0.4) is 0 Å². The summed E-state index contributed by atoms with van der Waals surface area (Å²) in [7, 11) is 0. The van der Waals surface area contributed by atoms with E-state index in [9.17, 15) is 0 Å². The molecule has 16 heavy (non-hydrogen) atoms. The predicted octanol–water partition coefficient (Wildman–Crippen LogP) is 3.10. The minimum atomic E-state index is 0.314. The minimum absolute atomic E-state index is 0.314. The van der Waals surface area contributed by atoms with Gasteiger partial charge in [0.1, 0.15) is 6.61 Å². The van der Waals surface area contributed by atoms with Gasteiger partial charge in [0.05, 0.1) is 6.04 Å². The first-order valence-corrected chi connectivity index (χ1v) is 5.86. The van der Waals surface area contributed by atoms with Gasteiger partial charge in [-0.2, -0.15) is 0 Å². The van der Waals surface area contributed by atoms with E-state index in [4.69, 9.17) is 4.74 Å². The summed E-state index contributed by atoms with van der Waals surface area (Å²) in [6.45, 7) is 9.31. The second kappa shape index (κ2) is 4.28. The first kappa shape index (κ1) is 11.2. The molecule has 0 aliphatic carbocycles. The van der Waals surface area contributed by atoms with Gasteiger partial charge in [0.25, 0.3) is 0 Å². The molecular formula is C14H19NO. The highest BCUT2D eigenvalue weighted by Gasteiger charge is 2.24. The molecule has 0 aromatic heterocycles. The van der Waals surface area contributed by atoms with Crippen molar-refractivity contribution in [2.24, 2.45) is 10.9 Å². The average Bonchev–Trinajstić information content (AvgIpc) is 2.66. The van der Waals surface area contributed by atoms with Crippen LogP contribution in [0.5, 0.6) is 0 Å². The normalized spacial score (nSPS) is 19.8. The topological polar surface area (TPSA) is 21.6 Å². The molecule has 2 rings (SSSR count). The van der Waals surface area contributed by atoms with Crippen molar-refractivity contribution in [3.63, 3.8) is 0 Å². The second-order valence-corrected chi connectivity index (χ2v) is 4.82. The third kappa shape index (κ3) is 1.97. The molecule has 0 fully saturated rings. The molecule has 0 spiro atoms. The van der Waals surface area contributed by atoms with Crippen molar-refractivity contribution in [2.75, 3.05) is 6.61 Å². The summed E-state index contributed by atoms with van der Waals surface area (Å²) in [5.74, 6) is 1.37. The molecule has 86 valence electrons. The van der Waals surface area contributed by atoms with E-state index in [1.165, 1.54) is 16.7 Å². The molecule has 1 aliphatic heterocycles. The summed E-state index contributed by atoms with van der Waals surface area (Å²) >= 11 is 0. The molecule has 0 bridgehead atoms. The SMILES string of the molecule is Cc1cccc(C)c1C1=N[C@@H](C(C)C)CO1. The zero-order chi connectivity index (χ0) is 11.7. The summed E-state index contributed by atoms with van der Waals surface area (Å²) in [4.78, 5) is 4.67. The second-order valence-electron chi connectivity index (χ2n) is 4.82. The Labute approximate surface area is 97.4 Å². The van der Waals surface area contributed by atoms with E-state index in [0.29, 0.717) is 12.0 Å². The standard InChI is InChI=1S/C14H19NO/c1-9(2)12-8-16-14(15-12)13-10(3)6-5-7-11(13)4/h5-7,9,12H,8H2,1-4H3/t12-/m1/s1. The van der Waals surface area contributed by atoms with Gasteiger partial charge in [0, 0.05) is 5.56 Å². The van der Waals surface area contributed by atoms with Crippen LogP contribution in [0, 0.1) is 19.8 Å². The third-order valence-electron chi connectivity index (χ3n) is 3.14. The number of benzene rings is 1. The van der Waals surface area contributed by atoms with Gasteiger partial charge < -0.3 is 4.74 Å². The number of hydrogen-bond donors (Lipinski definition) is 0. The van der Waals surface area contributed by atoms with Crippen molar-refractivity contribution in [1.82, 2.24) is 0 Å². The van der Waals surface area contributed by atoms with E-state index in [1.54, 1.807) is 0 Å². The fourth-order valence-corrected chi connectivity index (χ4v) is 2.02. The Hall–Kier alpha value is -1.31. The van der Waals surface area contributed by atoms with Crippen LogP contribution in [-0.4, -0.2) is 18.5 Å². The minimum Gasteiger partial charge on any atom is -0.475 e. The summed E-state index contributed by atoms with van der Waals surface area (Å²) < 4.78 is 5.72. The van der Waals surface area contributed by atoms with Crippen LogP contribution in [0.2, 0.25) is 0 Å². The molecule has 1 aromatic carbocycles. The highest BCUT2D eigenvalue weighted by molar-refractivity contribution is 5.97. The monoisotopic (exact) mass is 217 g/mol. The Morgan fingerprint density at radius 3 is 2.38 bits per heavy atom. The molecule has 1 atom stereocenters. The summed E-state index contributed by atoms with van der Waals surface area (Å²) in [6, 6.07) is 6.60. The Kier molecular flexibility index (Phi) is 2.99. The molecule has 0 saturated heterocycles. The van der Waals surface area contributed by atoms with Crippen molar-refractivity contribution in [2.45, 2.75) is 33.7 Å². The Bertz CT molecular complexity index is 400. The van der Waals surface area contributed by atoms with Gasteiger partial charge in [0.15, 0.2) is 0 Å². The molecule has 1 aliphatic rings. The van der Waals surface area contributed by atoms with Gasteiger partial charge in [-0.15, -0.1) is 0 Å². The van der Waals surface area contributed by atoms with Crippen LogP contribution in [0.25, 0.3) is 0 Å². The van der Waals surface area contributed by atoms with Gasteiger partial charge in [-0.3, -0.25) is 0 Å². The number of ether oxygens (including phenoxy) is 1. The van der Waals surface area contributed by atoms with E-state index < -0.39 is 0 Å². The largest absolute Gasteiger partial charge is 0.475 e. The fourth-order valence-electron chi connectivity index (χ4n) is 2.02. The lowest BCUT2D eigenvalue weighted by molar-refractivity contribution is 0.291. The summed E-state index contributed by atoms with van der Waals surface area (Å²) in [5, 5.41) is 0. The lowest BCUT2D eigenvalue weighted by atomic mass is 10.0. The molecule has 0 N–H and O–H groups in total. The lowest BCUT2D eigenvalue weighted by Gasteiger charge is -2.08. The van der Waals surface area contributed by atoms with E-state index in [-0.39, 0.29) is 0 Å². The quantitative estimate of drug-likeness (QED) is 0.746. The Balaban J connectivity index is 2.36. The predicted molar refractivity (Wildman–Crippen MR) is 67.0 cm³/mol. The highest BCUT2D eigenvalue weighted by atomic mass is 16.5. The lowest BCUT2D eigenvalue weighted by Crippen LogP contribution is -2.13. The van der Waals surface area contributed by atoms with Gasteiger partial charge in [-0.25, -0.2) is 4.99 Å². The van der Waals surface area contributed by atoms with E-state index in [0.717, 1.165) is 12.5 Å². The van der Waals surface area contributed by atoms with Crippen LogP contribution in [0.1, 0.15) is 30.5 Å². The number of nitrogens with zero attached hydrogens (tertiary/aromatic N) is 1. The van der Waals surface area contributed by atoms with Gasteiger partial charge in [-0.1, -0.05) is 32.0 Å². The maximum absolute atomic E-state index is 5.72. The number of hydrogen-bond acceptors (Lipinski definition) is 2. The van der Waals surface area contributed by atoms with Crippen LogP contribution in [-0.2, 0) is 4.74 Å². The smallest absolute Gasteiger partial charge is 0.217 e. The Morgan fingerprint density at radius 2 is 1.88 bits per heavy atom. The first-order chi connectivity index (χ1) is 7.59. The maximum atomic E-state index is 5.72. The van der Waals surface area contributed by atoms with Crippen LogP contribution in [0.4, 0.5) is 0 Å². The number of aryl methyl sites for hydroxylation is 2. The zero-order valence-electron chi connectivity index (χ0n) is 10.4. The zero-order valence-corrected chi connectivity index (χ0v) is 10.4. The molecule has 0 amide bonds. The molecule has 1 aromatic rings. The van der Waals surface area contributed by atoms with E-state index >= 15 is 0 Å². The number of aliphatic imine (C=N–C) groups is 1. The molecule has 0 saturated carbocycles. The van der Waals surface area contributed by atoms with Crippen LogP contribution >= 0.6 is 0 Å². The molecule has 2 heteroatoms. The fraction of sp³-hybridized carbons (Fsp3) is 0.500. The van der Waals surface area contributed by atoms with Crippen LogP contribution < -0.4 is 0 Å². The first-order valence-electron chi connectivity index (χ1n) is 5.86. The number of rotatable bonds is 2. The Morgan fingerprint density at radius 1 is 1.25 bits per heavy atom. The molecular weight excluding hydrogens is 198 g/mol. The van der Waals surface area contributed by atoms with Crippen molar-refractivity contribution < 1.29 is 4.74 Å². The highest BCUT2D eigenvalue weighted by Crippen LogP contribution is 2.21. The average molecular weight is 217 g/mol. The molecule has 0 unspecified atom stereocenters. The van der Waals surface area contributed by atoms with Crippen molar-refractivity contribution in [3.05, 3.63) is 34.9 Å².